The van der Waals surface area contributed by atoms with Crippen molar-refractivity contribution in [2.24, 2.45) is 0 Å². The largest absolute Gasteiger partial charge is 0.378 e. The van der Waals surface area contributed by atoms with Crippen molar-refractivity contribution < 1.29 is 8.78 Å². The van der Waals surface area contributed by atoms with Gasteiger partial charge in [-0.25, -0.2) is 9.37 Å². The molecule has 0 unspecified atom stereocenters. The van der Waals surface area contributed by atoms with Crippen LogP contribution in [0.3, 0.4) is 0 Å². The Balaban J connectivity index is 2.57. The van der Waals surface area contributed by atoms with Gasteiger partial charge < -0.3 is 9.88 Å². The molecule has 0 aliphatic carbocycles. The monoisotopic (exact) mass is 279 g/mol. The molecular weight excluding hydrogens is 264 g/mol. The zero-order chi connectivity index (χ0) is 14.9. The minimum Gasteiger partial charge on any atom is -0.378 e. The fourth-order valence-electron chi connectivity index (χ4n) is 1.84. The molecular formula is C14H15F2N3O. The lowest BCUT2D eigenvalue weighted by atomic mass is 10.1. The van der Waals surface area contributed by atoms with Gasteiger partial charge in [-0.05, 0) is 24.6 Å². The van der Waals surface area contributed by atoms with E-state index in [1.54, 1.807) is 32.0 Å². The minimum absolute atomic E-state index is 0.0276. The number of H-pyrrole nitrogens is 1. The second kappa shape index (κ2) is 5.40. The number of rotatable bonds is 3. The molecule has 2 aromatic rings. The van der Waals surface area contributed by atoms with Gasteiger partial charge in [0.1, 0.15) is 11.6 Å². The molecule has 0 radical (unpaired) electrons. The van der Waals surface area contributed by atoms with E-state index in [1.807, 2.05) is 0 Å². The molecule has 0 bridgehead atoms. The van der Waals surface area contributed by atoms with Crippen LogP contribution in [0.2, 0.25) is 0 Å². The first-order chi connectivity index (χ1) is 9.43. The second-order valence-corrected chi connectivity index (χ2v) is 4.59. The van der Waals surface area contributed by atoms with Crippen LogP contribution in [0, 0.1) is 11.6 Å². The van der Waals surface area contributed by atoms with Gasteiger partial charge in [0.2, 0.25) is 5.82 Å². The first kappa shape index (κ1) is 14.2. The number of hydrogen-bond donors (Lipinski definition) is 1. The number of anilines is 1. The van der Waals surface area contributed by atoms with Gasteiger partial charge in [-0.15, -0.1) is 0 Å². The molecule has 0 aliphatic heterocycles. The van der Waals surface area contributed by atoms with Gasteiger partial charge in [0, 0.05) is 19.8 Å². The summed E-state index contributed by atoms with van der Waals surface area (Å²) >= 11 is 0. The predicted octanol–water partition coefficient (Wildman–Crippen LogP) is 2.34. The Morgan fingerprint density at radius 1 is 1.30 bits per heavy atom. The Labute approximate surface area is 115 Å². The Kier molecular flexibility index (Phi) is 3.83. The number of aromatic nitrogens is 2. The zero-order valence-electron chi connectivity index (χ0n) is 11.5. The average molecular weight is 279 g/mol. The van der Waals surface area contributed by atoms with Gasteiger partial charge >= 0.3 is 0 Å². The number of aryl methyl sites for hydroxylation is 1. The van der Waals surface area contributed by atoms with E-state index in [0.29, 0.717) is 5.69 Å². The number of aromatic amines is 1. The molecule has 0 amide bonds. The van der Waals surface area contributed by atoms with Crippen molar-refractivity contribution in [3.63, 3.8) is 0 Å². The zero-order valence-corrected chi connectivity index (χ0v) is 11.5. The summed E-state index contributed by atoms with van der Waals surface area (Å²) in [7, 11) is 3.59. The molecule has 0 spiro atoms. The molecule has 106 valence electrons. The van der Waals surface area contributed by atoms with E-state index in [1.165, 1.54) is 12.1 Å². The van der Waals surface area contributed by atoms with Crippen LogP contribution in [-0.2, 0) is 6.42 Å². The Morgan fingerprint density at radius 3 is 2.55 bits per heavy atom. The van der Waals surface area contributed by atoms with Crippen molar-refractivity contribution in [3.8, 4) is 11.4 Å². The number of benzene rings is 1. The van der Waals surface area contributed by atoms with Crippen LogP contribution in [-0.4, -0.2) is 24.1 Å². The van der Waals surface area contributed by atoms with Crippen molar-refractivity contribution in [1.29, 1.82) is 0 Å². The molecule has 0 saturated carbocycles. The summed E-state index contributed by atoms with van der Waals surface area (Å²) in [5.41, 5.74) is -0.0309. The highest BCUT2D eigenvalue weighted by Gasteiger charge is 2.14. The molecule has 2 rings (SSSR count). The molecule has 0 aliphatic rings. The van der Waals surface area contributed by atoms with Crippen molar-refractivity contribution in [3.05, 3.63) is 45.9 Å². The minimum atomic E-state index is -0.915. The predicted molar refractivity (Wildman–Crippen MR) is 73.9 cm³/mol. The summed E-state index contributed by atoms with van der Waals surface area (Å²) in [5, 5.41) is 0. The summed E-state index contributed by atoms with van der Waals surface area (Å²) < 4.78 is 27.5. The van der Waals surface area contributed by atoms with Crippen LogP contribution < -0.4 is 10.5 Å². The summed E-state index contributed by atoms with van der Waals surface area (Å²) in [6.45, 7) is 1.68. The number of halogens is 2. The first-order valence-electron chi connectivity index (χ1n) is 6.20. The third-order valence-corrected chi connectivity index (χ3v) is 2.99. The quantitative estimate of drug-likeness (QED) is 0.938. The van der Waals surface area contributed by atoms with Crippen molar-refractivity contribution in [2.45, 2.75) is 13.3 Å². The normalized spacial score (nSPS) is 10.7. The van der Waals surface area contributed by atoms with E-state index in [-0.39, 0.29) is 23.5 Å². The highest BCUT2D eigenvalue weighted by molar-refractivity contribution is 5.61. The number of hydrogen-bond acceptors (Lipinski definition) is 3. The van der Waals surface area contributed by atoms with Gasteiger partial charge in [0.15, 0.2) is 0 Å². The third kappa shape index (κ3) is 2.54. The smallest absolute Gasteiger partial charge is 0.287 e. The standard InChI is InChI=1S/C14H15F2N3O/c1-4-11-12(16)14(20)18-13(17-11)9-6-5-8(19(2)3)7-10(9)15/h5-7H,4H2,1-3H3,(H,17,18,20). The topological polar surface area (TPSA) is 49.0 Å². The molecule has 0 saturated heterocycles. The van der Waals surface area contributed by atoms with E-state index in [4.69, 9.17) is 0 Å². The third-order valence-electron chi connectivity index (χ3n) is 2.99. The molecule has 0 fully saturated rings. The first-order valence-corrected chi connectivity index (χ1v) is 6.20. The van der Waals surface area contributed by atoms with E-state index in [0.717, 1.165) is 0 Å². The molecule has 20 heavy (non-hydrogen) atoms. The molecule has 4 nitrogen and oxygen atoms in total. The van der Waals surface area contributed by atoms with Crippen molar-refractivity contribution in [2.75, 3.05) is 19.0 Å². The van der Waals surface area contributed by atoms with Gasteiger partial charge in [0.05, 0.1) is 11.3 Å². The van der Waals surface area contributed by atoms with Crippen LogP contribution >= 0.6 is 0 Å². The maximum atomic E-state index is 14.1. The molecule has 1 N–H and O–H groups in total. The van der Waals surface area contributed by atoms with E-state index in [9.17, 15) is 13.6 Å². The van der Waals surface area contributed by atoms with Crippen LogP contribution in [0.25, 0.3) is 11.4 Å². The molecule has 1 aromatic heterocycles. The number of nitrogens with zero attached hydrogens (tertiary/aromatic N) is 2. The molecule has 6 heteroatoms. The van der Waals surface area contributed by atoms with Crippen molar-refractivity contribution in [1.82, 2.24) is 9.97 Å². The average Bonchev–Trinajstić information content (AvgIpc) is 2.41. The maximum absolute atomic E-state index is 14.1. The van der Waals surface area contributed by atoms with Crippen molar-refractivity contribution >= 4 is 5.69 Å². The second-order valence-electron chi connectivity index (χ2n) is 4.59. The molecule has 1 heterocycles. The number of nitrogens with one attached hydrogen (secondary N) is 1. The lowest BCUT2D eigenvalue weighted by Crippen LogP contribution is -2.17. The fourth-order valence-corrected chi connectivity index (χ4v) is 1.84. The maximum Gasteiger partial charge on any atom is 0.287 e. The van der Waals surface area contributed by atoms with E-state index < -0.39 is 17.2 Å². The molecule has 0 atom stereocenters. The highest BCUT2D eigenvalue weighted by Crippen LogP contribution is 2.23. The van der Waals surface area contributed by atoms with Crippen LogP contribution in [0.4, 0.5) is 14.5 Å². The Hall–Kier alpha value is -2.24. The van der Waals surface area contributed by atoms with Crippen LogP contribution in [0.1, 0.15) is 12.6 Å². The Bertz CT molecular complexity index is 695. The Morgan fingerprint density at radius 2 is 2.00 bits per heavy atom. The summed E-state index contributed by atoms with van der Waals surface area (Å²) in [6.07, 6.45) is 0.264. The van der Waals surface area contributed by atoms with E-state index >= 15 is 0 Å². The van der Waals surface area contributed by atoms with Gasteiger partial charge in [-0.1, -0.05) is 6.92 Å². The van der Waals surface area contributed by atoms with Gasteiger partial charge in [0.25, 0.3) is 5.56 Å². The SMILES string of the molecule is CCc1nc(-c2ccc(N(C)C)cc2F)[nH]c(=O)c1F. The van der Waals surface area contributed by atoms with Crippen LogP contribution in [0.15, 0.2) is 23.0 Å². The fraction of sp³-hybridized carbons (Fsp3) is 0.286. The van der Waals surface area contributed by atoms with Gasteiger partial charge in [-0.3, -0.25) is 4.79 Å². The summed E-state index contributed by atoms with van der Waals surface area (Å²) in [4.78, 5) is 19.5. The van der Waals surface area contributed by atoms with E-state index in [2.05, 4.69) is 9.97 Å². The summed E-state index contributed by atoms with van der Waals surface area (Å²) in [5.74, 6) is -1.40. The lowest BCUT2D eigenvalue weighted by Gasteiger charge is -2.13. The molecule has 1 aromatic carbocycles. The highest BCUT2D eigenvalue weighted by atomic mass is 19.1. The van der Waals surface area contributed by atoms with Gasteiger partial charge in [-0.2, -0.15) is 4.39 Å². The lowest BCUT2D eigenvalue weighted by molar-refractivity contribution is 0.580. The van der Waals surface area contributed by atoms with Crippen LogP contribution in [0.5, 0.6) is 0 Å². The summed E-state index contributed by atoms with van der Waals surface area (Å²) in [6, 6.07) is 4.55.